The van der Waals surface area contributed by atoms with Crippen LogP contribution in [0.1, 0.15) is 24.0 Å². The molecule has 0 aliphatic carbocycles. The minimum Gasteiger partial charge on any atom is -0.455 e. The van der Waals surface area contributed by atoms with Crippen molar-refractivity contribution in [3.63, 3.8) is 0 Å². The lowest BCUT2D eigenvalue weighted by atomic mass is 9.97. The van der Waals surface area contributed by atoms with Gasteiger partial charge in [0.05, 0.1) is 11.5 Å². The van der Waals surface area contributed by atoms with E-state index in [0.29, 0.717) is 36.8 Å². The molecule has 1 fully saturated rings. The van der Waals surface area contributed by atoms with E-state index in [1.165, 1.54) is 6.07 Å². The SMILES string of the molecule is O=C(COC(=O)C1CCN(c2ccc(C(F)(F)F)cn2)CC1)NCc1cccc(Cl)c1. The molecule has 166 valence electrons. The van der Waals surface area contributed by atoms with Crippen molar-refractivity contribution in [3.05, 3.63) is 58.7 Å². The lowest BCUT2D eigenvalue weighted by Gasteiger charge is -2.31. The first kappa shape index (κ1) is 22.9. The molecule has 0 spiro atoms. The lowest BCUT2D eigenvalue weighted by Crippen LogP contribution is -2.38. The third-order valence-corrected chi connectivity index (χ3v) is 5.19. The number of piperidine rings is 1. The third-order valence-electron chi connectivity index (χ3n) is 4.95. The largest absolute Gasteiger partial charge is 0.455 e. The Morgan fingerprint density at radius 2 is 1.94 bits per heavy atom. The fraction of sp³-hybridized carbons (Fsp3) is 0.381. The number of amides is 1. The van der Waals surface area contributed by atoms with E-state index in [1.807, 2.05) is 11.0 Å². The normalized spacial score (nSPS) is 14.9. The zero-order chi connectivity index (χ0) is 22.4. The summed E-state index contributed by atoms with van der Waals surface area (Å²) < 4.78 is 43.0. The Balaban J connectivity index is 1.40. The van der Waals surface area contributed by atoms with Crippen LogP contribution in [-0.4, -0.2) is 36.6 Å². The first-order valence-electron chi connectivity index (χ1n) is 9.68. The van der Waals surface area contributed by atoms with E-state index in [4.69, 9.17) is 16.3 Å². The molecule has 1 amide bonds. The highest BCUT2D eigenvalue weighted by molar-refractivity contribution is 6.30. The monoisotopic (exact) mass is 455 g/mol. The minimum atomic E-state index is -4.43. The molecule has 10 heteroatoms. The molecule has 1 aliphatic heterocycles. The number of nitrogens with one attached hydrogen (secondary N) is 1. The van der Waals surface area contributed by atoms with Crippen LogP contribution in [0.2, 0.25) is 5.02 Å². The maximum atomic E-state index is 12.6. The van der Waals surface area contributed by atoms with Crippen LogP contribution in [0.4, 0.5) is 19.0 Å². The number of halogens is 4. The lowest BCUT2D eigenvalue weighted by molar-refractivity contribution is -0.153. The van der Waals surface area contributed by atoms with Gasteiger partial charge in [0.2, 0.25) is 0 Å². The summed E-state index contributed by atoms with van der Waals surface area (Å²) in [5.74, 6) is -0.815. The van der Waals surface area contributed by atoms with Crippen LogP contribution in [-0.2, 0) is 27.0 Å². The predicted molar refractivity (Wildman–Crippen MR) is 108 cm³/mol. The number of aromatic nitrogens is 1. The number of rotatable bonds is 6. The Labute approximate surface area is 182 Å². The number of alkyl halides is 3. The predicted octanol–water partition coefficient (Wildman–Crippen LogP) is 3.83. The highest BCUT2D eigenvalue weighted by Crippen LogP contribution is 2.30. The summed E-state index contributed by atoms with van der Waals surface area (Å²) in [6.07, 6.45) is -2.70. The Hall–Kier alpha value is -2.81. The summed E-state index contributed by atoms with van der Waals surface area (Å²) in [5, 5.41) is 3.22. The zero-order valence-corrected chi connectivity index (χ0v) is 17.2. The quantitative estimate of drug-likeness (QED) is 0.670. The van der Waals surface area contributed by atoms with Gasteiger partial charge in [0.1, 0.15) is 5.82 Å². The first-order chi connectivity index (χ1) is 14.7. The zero-order valence-electron chi connectivity index (χ0n) is 16.5. The molecule has 0 atom stereocenters. The molecule has 1 saturated heterocycles. The van der Waals surface area contributed by atoms with Gasteiger partial charge in [-0.2, -0.15) is 13.2 Å². The molecule has 1 aromatic heterocycles. The molecule has 6 nitrogen and oxygen atoms in total. The number of nitrogens with zero attached hydrogens (tertiary/aromatic N) is 2. The summed E-state index contributed by atoms with van der Waals surface area (Å²) in [5.41, 5.74) is 0.0276. The smallest absolute Gasteiger partial charge is 0.417 e. The number of carbonyl (C=O) groups is 2. The number of hydrogen-bond acceptors (Lipinski definition) is 5. The van der Waals surface area contributed by atoms with E-state index in [1.54, 1.807) is 18.2 Å². The van der Waals surface area contributed by atoms with Gasteiger partial charge in [-0.15, -0.1) is 0 Å². The molecule has 31 heavy (non-hydrogen) atoms. The Morgan fingerprint density at radius 3 is 2.55 bits per heavy atom. The van der Waals surface area contributed by atoms with Crippen molar-refractivity contribution >= 4 is 29.3 Å². The second-order valence-electron chi connectivity index (χ2n) is 7.18. The second kappa shape index (κ2) is 10.00. The van der Waals surface area contributed by atoms with Crippen molar-refractivity contribution in [2.24, 2.45) is 5.92 Å². The van der Waals surface area contributed by atoms with Crippen LogP contribution >= 0.6 is 11.6 Å². The van der Waals surface area contributed by atoms with Crippen molar-refractivity contribution in [1.29, 1.82) is 0 Å². The highest BCUT2D eigenvalue weighted by atomic mass is 35.5. The van der Waals surface area contributed by atoms with Gasteiger partial charge in [0, 0.05) is 30.9 Å². The Morgan fingerprint density at radius 1 is 1.19 bits per heavy atom. The van der Waals surface area contributed by atoms with Gasteiger partial charge in [-0.25, -0.2) is 4.98 Å². The van der Waals surface area contributed by atoms with Crippen molar-refractivity contribution in [2.75, 3.05) is 24.6 Å². The van der Waals surface area contributed by atoms with E-state index in [2.05, 4.69) is 10.3 Å². The van der Waals surface area contributed by atoms with Gasteiger partial charge in [0.25, 0.3) is 5.91 Å². The Bertz CT molecular complexity index is 914. The molecule has 1 aliphatic rings. The summed E-state index contributed by atoms with van der Waals surface area (Å²) in [6.45, 7) is 0.813. The molecule has 0 saturated carbocycles. The van der Waals surface area contributed by atoms with Crippen LogP contribution in [0, 0.1) is 5.92 Å². The van der Waals surface area contributed by atoms with Crippen molar-refractivity contribution < 1.29 is 27.5 Å². The number of esters is 1. The van der Waals surface area contributed by atoms with Crippen LogP contribution in [0.5, 0.6) is 0 Å². The van der Waals surface area contributed by atoms with Gasteiger partial charge in [-0.1, -0.05) is 23.7 Å². The molecule has 1 aromatic carbocycles. The number of pyridine rings is 1. The van der Waals surface area contributed by atoms with Crippen LogP contribution in [0.3, 0.4) is 0 Å². The van der Waals surface area contributed by atoms with Gasteiger partial charge in [-0.05, 0) is 42.7 Å². The Kier molecular flexibility index (Phi) is 7.37. The molecule has 2 heterocycles. The van der Waals surface area contributed by atoms with Crippen LogP contribution in [0.25, 0.3) is 0 Å². The maximum Gasteiger partial charge on any atom is 0.417 e. The van der Waals surface area contributed by atoms with Crippen molar-refractivity contribution in [2.45, 2.75) is 25.6 Å². The highest BCUT2D eigenvalue weighted by Gasteiger charge is 2.31. The number of hydrogen-bond donors (Lipinski definition) is 1. The molecule has 0 unspecified atom stereocenters. The number of benzene rings is 1. The van der Waals surface area contributed by atoms with E-state index >= 15 is 0 Å². The van der Waals surface area contributed by atoms with Crippen molar-refractivity contribution in [3.8, 4) is 0 Å². The number of ether oxygens (including phenoxy) is 1. The molecular weight excluding hydrogens is 435 g/mol. The number of anilines is 1. The first-order valence-corrected chi connectivity index (χ1v) is 10.1. The summed E-state index contributed by atoms with van der Waals surface area (Å²) >= 11 is 5.89. The second-order valence-corrected chi connectivity index (χ2v) is 7.61. The van der Waals surface area contributed by atoms with Gasteiger partial charge in [0.15, 0.2) is 6.61 Å². The molecule has 2 aromatic rings. The molecule has 0 radical (unpaired) electrons. The van der Waals surface area contributed by atoms with E-state index in [9.17, 15) is 22.8 Å². The average molecular weight is 456 g/mol. The van der Waals surface area contributed by atoms with Gasteiger partial charge in [-0.3, -0.25) is 9.59 Å². The summed E-state index contributed by atoms with van der Waals surface area (Å²) in [4.78, 5) is 29.8. The topological polar surface area (TPSA) is 71.5 Å². The molecule has 1 N–H and O–H groups in total. The summed E-state index contributed by atoms with van der Waals surface area (Å²) in [6, 6.07) is 9.37. The van der Waals surface area contributed by atoms with Crippen LogP contribution < -0.4 is 10.2 Å². The van der Waals surface area contributed by atoms with Crippen molar-refractivity contribution in [1.82, 2.24) is 10.3 Å². The van der Waals surface area contributed by atoms with Gasteiger partial charge < -0.3 is 15.0 Å². The fourth-order valence-corrected chi connectivity index (χ4v) is 3.45. The fourth-order valence-electron chi connectivity index (χ4n) is 3.24. The maximum absolute atomic E-state index is 12.6. The van der Waals surface area contributed by atoms with Gasteiger partial charge >= 0.3 is 12.1 Å². The number of carbonyl (C=O) groups excluding carboxylic acids is 2. The third kappa shape index (κ3) is 6.58. The molecule has 0 bridgehead atoms. The van der Waals surface area contributed by atoms with Crippen LogP contribution in [0.15, 0.2) is 42.6 Å². The van der Waals surface area contributed by atoms with E-state index in [0.717, 1.165) is 17.8 Å². The molecular formula is C21H21ClF3N3O3. The standard InChI is InChI=1S/C21H21ClF3N3O3/c22-17-3-1-2-14(10-17)11-27-19(29)13-31-20(30)15-6-8-28(9-7-15)18-5-4-16(12-26-18)21(23,24)25/h1-5,10,12,15H,6-9,11,13H2,(H,27,29). The molecule has 3 rings (SSSR count). The average Bonchev–Trinajstić information content (AvgIpc) is 2.76. The summed E-state index contributed by atoms with van der Waals surface area (Å²) in [7, 11) is 0. The van der Waals surface area contributed by atoms with E-state index in [-0.39, 0.29) is 19.1 Å². The minimum absolute atomic E-state index is 0.273. The van der Waals surface area contributed by atoms with E-state index < -0.39 is 23.6 Å².